The lowest BCUT2D eigenvalue weighted by Gasteiger charge is -2.06. The number of aryl methyl sites for hydroxylation is 1. The molecule has 4 heteroatoms. The topological polar surface area (TPSA) is 39.6 Å². The van der Waals surface area contributed by atoms with Gasteiger partial charge in [-0.05, 0) is 30.7 Å². The average molecular weight is 305 g/mol. The first-order chi connectivity index (χ1) is 8.11. The van der Waals surface area contributed by atoms with Crippen LogP contribution in [0, 0.1) is 22.9 Å². The second kappa shape index (κ2) is 4.82. The Balaban J connectivity index is 2.71. The van der Waals surface area contributed by atoms with E-state index in [1.165, 1.54) is 0 Å². The zero-order valence-electron chi connectivity index (χ0n) is 9.12. The minimum atomic E-state index is 0.491. The molecular formula is C13H9BrN2S. The smallest absolute Gasteiger partial charge is 0.122 e. The molecule has 84 valence electrons. The molecule has 0 saturated heterocycles. The molecular weight excluding hydrogens is 296 g/mol. The number of nitrogens with zero attached hydrogens (tertiary/aromatic N) is 1. The van der Waals surface area contributed by atoms with Gasteiger partial charge in [0.1, 0.15) is 10.7 Å². The van der Waals surface area contributed by atoms with E-state index >= 15 is 0 Å². The molecule has 0 spiro atoms. The fourth-order valence-electron chi connectivity index (χ4n) is 1.66. The average Bonchev–Trinajstić information content (AvgIpc) is 2.29. The molecule has 0 aliphatic heterocycles. The molecule has 0 amide bonds. The third-order valence-corrected chi connectivity index (χ3v) is 3.27. The highest BCUT2D eigenvalue weighted by Gasteiger charge is 2.07. The van der Waals surface area contributed by atoms with Gasteiger partial charge in [-0.2, -0.15) is 5.26 Å². The van der Waals surface area contributed by atoms with E-state index in [0.29, 0.717) is 10.2 Å². The van der Waals surface area contributed by atoms with Crippen LogP contribution in [-0.4, -0.2) is 4.98 Å². The van der Waals surface area contributed by atoms with E-state index in [-0.39, 0.29) is 0 Å². The number of nitriles is 1. The van der Waals surface area contributed by atoms with Crippen LogP contribution in [0.2, 0.25) is 0 Å². The van der Waals surface area contributed by atoms with Crippen molar-refractivity contribution < 1.29 is 0 Å². The van der Waals surface area contributed by atoms with Gasteiger partial charge in [0.05, 0.1) is 5.56 Å². The molecule has 17 heavy (non-hydrogen) atoms. The number of aromatic amines is 1. The number of halogens is 1. The van der Waals surface area contributed by atoms with Crippen molar-refractivity contribution in [3.63, 3.8) is 0 Å². The molecule has 0 saturated carbocycles. The van der Waals surface area contributed by atoms with Crippen LogP contribution in [0.25, 0.3) is 11.1 Å². The second-order valence-electron chi connectivity index (χ2n) is 3.69. The van der Waals surface area contributed by atoms with E-state index in [4.69, 9.17) is 17.5 Å². The van der Waals surface area contributed by atoms with Crippen LogP contribution >= 0.6 is 28.1 Å². The number of pyridine rings is 1. The van der Waals surface area contributed by atoms with Crippen LogP contribution in [0.4, 0.5) is 0 Å². The zero-order chi connectivity index (χ0) is 12.4. The Hall–Kier alpha value is -1.44. The summed E-state index contributed by atoms with van der Waals surface area (Å²) in [4.78, 5) is 2.99. The molecule has 0 aliphatic rings. The highest BCUT2D eigenvalue weighted by molar-refractivity contribution is 9.10. The van der Waals surface area contributed by atoms with Crippen LogP contribution in [0.3, 0.4) is 0 Å². The van der Waals surface area contributed by atoms with Gasteiger partial charge in [-0.25, -0.2) is 0 Å². The van der Waals surface area contributed by atoms with Crippen molar-refractivity contribution in [2.75, 3.05) is 0 Å². The fourth-order valence-corrected chi connectivity index (χ4v) is 2.24. The van der Waals surface area contributed by atoms with Gasteiger partial charge in [-0.15, -0.1) is 0 Å². The molecule has 1 N–H and O–H groups in total. The molecule has 2 rings (SSSR count). The zero-order valence-corrected chi connectivity index (χ0v) is 11.5. The molecule has 0 radical (unpaired) electrons. The maximum absolute atomic E-state index is 9.16. The van der Waals surface area contributed by atoms with E-state index in [2.05, 4.69) is 27.0 Å². The van der Waals surface area contributed by atoms with Crippen LogP contribution in [0.1, 0.15) is 11.3 Å². The summed E-state index contributed by atoms with van der Waals surface area (Å²) in [5.74, 6) is 0. The largest absolute Gasteiger partial charge is 0.349 e. The number of rotatable bonds is 1. The standard InChI is InChI=1S/C13H9BrN2S/c1-8-6-11(12(7-15)13(17)16-8)9-2-4-10(14)5-3-9/h2-6H,1H3,(H,16,17). The van der Waals surface area contributed by atoms with Gasteiger partial charge in [-0.3, -0.25) is 0 Å². The summed E-state index contributed by atoms with van der Waals surface area (Å²) in [5.41, 5.74) is 3.34. The summed E-state index contributed by atoms with van der Waals surface area (Å²) in [6.45, 7) is 1.93. The number of aromatic nitrogens is 1. The summed E-state index contributed by atoms with van der Waals surface area (Å²) in [6.07, 6.45) is 0. The van der Waals surface area contributed by atoms with Gasteiger partial charge < -0.3 is 4.98 Å². The minimum Gasteiger partial charge on any atom is -0.349 e. The molecule has 2 aromatic rings. The second-order valence-corrected chi connectivity index (χ2v) is 5.01. The van der Waals surface area contributed by atoms with Crippen molar-refractivity contribution in [1.82, 2.24) is 4.98 Å². The van der Waals surface area contributed by atoms with Gasteiger partial charge in [0.2, 0.25) is 0 Å². The van der Waals surface area contributed by atoms with Crippen LogP contribution in [0.5, 0.6) is 0 Å². The van der Waals surface area contributed by atoms with Crippen molar-refractivity contribution in [2.24, 2.45) is 0 Å². The lowest BCUT2D eigenvalue weighted by molar-refractivity contribution is 1.17. The minimum absolute atomic E-state index is 0.491. The number of H-pyrrole nitrogens is 1. The maximum atomic E-state index is 9.16. The van der Waals surface area contributed by atoms with Gasteiger partial charge in [0.15, 0.2) is 0 Å². The predicted molar refractivity (Wildman–Crippen MR) is 74.2 cm³/mol. The van der Waals surface area contributed by atoms with E-state index < -0.39 is 0 Å². The number of nitrogens with one attached hydrogen (secondary N) is 1. The fraction of sp³-hybridized carbons (Fsp3) is 0.0769. The monoisotopic (exact) mass is 304 g/mol. The van der Waals surface area contributed by atoms with E-state index in [1.54, 1.807) is 0 Å². The normalized spacial score (nSPS) is 9.94. The summed E-state index contributed by atoms with van der Waals surface area (Å²) in [5, 5.41) is 9.16. The molecule has 1 aromatic heterocycles. The molecule has 1 heterocycles. The number of hydrogen-bond acceptors (Lipinski definition) is 2. The van der Waals surface area contributed by atoms with Crippen LogP contribution in [-0.2, 0) is 0 Å². The number of benzene rings is 1. The Morgan fingerprint density at radius 2 is 1.94 bits per heavy atom. The molecule has 2 nitrogen and oxygen atoms in total. The molecule has 0 aliphatic carbocycles. The summed E-state index contributed by atoms with van der Waals surface area (Å²) < 4.78 is 1.50. The van der Waals surface area contributed by atoms with Crippen LogP contribution in [0.15, 0.2) is 34.8 Å². The first-order valence-corrected chi connectivity index (χ1v) is 6.22. The Kier molecular flexibility index (Phi) is 3.41. The van der Waals surface area contributed by atoms with Crippen molar-refractivity contribution in [1.29, 1.82) is 5.26 Å². The lowest BCUT2D eigenvalue weighted by atomic mass is 10.0. The molecule has 0 unspecified atom stereocenters. The first kappa shape index (κ1) is 12.0. The first-order valence-electron chi connectivity index (χ1n) is 5.02. The molecule has 0 fully saturated rings. The van der Waals surface area contributed by atoms with Gasteiger partial charge in [-0.1, -0.05) is 40.3 Å². The summed E-state index contributed by atoms with van der Waals surface area (Å²) in [7, 11) is 0. The van der Waals surface area contributed by atoms with Crippen molar-refractivity contribution >= 4 is 28.1 Å². The Morgan fingerprint density at radius 1 is 1.29 bits per heavy atom. The molecule has 0 atom stereocenters. The quantitative estimate of drug-likeness (QED) is 0.795. The Morgan fingerprint density at radius 3 is 2.53 bits per heavy atom. The predicted octanol–water partition coefficient (Wildman–Crippen LogP) is 4.35. The van der Waals surface area contributed by atoms with E-state index in [1.807, 2.05) is 37.3 Å². The van der Waals surface area contributed by atoms with Crippen molar-refractivity contribution in [3.05, 3.63) is 50.7 Å². The van der Waals surface area contributed by atoms with Gasteiger partial charge in [0, 0.05) is 15.7 Å². The van der Waals surface area contributed by atoms with Gasteiger partial charge in [0.25, 0.3) is 0 Å². The third kappa shape index (κ3) is 2.46. The highest BCUT2D eigenvalue weighted by Crippen LogP contribution is 2.25. The van der Waals surface area contributed by atoms with E-state index in [0.717, 1.165) is 21.3 Å². The van der Waals surface area contributed by atoms with Crippen molar-refractivity contribution in [2.45, 2.75) is 6.92 Å². The summed E-state index contributed by atoms with van der Waals surface area (Å²) >= 11 is 8.56. The van der Waals surface area contributed by atoms with Crippen molar-refractivity contribution in [3.8, 4) is 17.2 Å². The Labute approximate surface area is 113 Å². The number of hydrogen-bond donors (Lipinski definition) is 1. The third-order valence-electron chi connectivity index (χ3n) is 2.43. The maximum Gasteiger partial charge on any atom is 0.122 e. The molecule has 1 aromatic carbocycles. The molecule has 0 bridgehead atoms. The van der Waals surface area contributed by atoms with E-state index in [9.17, 15) is 0 Å². The SMILES string of the molecule is Cc1cc(-c2ccc(Br)cc2)c(C#N)c(=S)[nH]1. The highest BCUT2D eigenvalue weighted by atomic mass is 79.9. The van der Waals surface area contributed by atoms with Gasteiger partial charge >= 0.3 is 0 Å². The summed E-state index contributed by atoms with van der Waals surface area (Å²) in [6, 6.07) is 11.9. The van der Waals surface area contributed by atoms with Crippen LogP contribution < -0.4 is 0 Å². The lowest BCUT2D eigenvalue weighted by Crippen LogP contribution is -1.91. The Bertz CT molecular complexity index is 651.